The Labute approximate surface area is 201 Å². The van der Waals surface area contributed by atoms with Gasteiger partial charge in [0.15, 0.2) is 5.13 Å². The molecule has 4 rings (SSSR count). The molecular weight excluding hydrogens is 452 g/mol. The SMILES string of the molecule is CCOC(=O)Cc1csc(NC(=O)c2cn(Cc3ccccc3)nc2-c2ccc(OC)cc2)n1. The van der Waals surface area contributed by atoms with Gasteiger partial charge in [0.1, 0.15) is 11.4 Å². The molecular formula is C25H24N4O4S. The molecule has 0 saturated heterocycles. The molecule has 2 aromatic heterocycles. The van der Waals surface area contributed by atoms with Crippen LogP contribution in [-0.2, 0) is 22.5 Å². The number of rotatable bonds is 9. The molecule has 0 bridgehead atoms. The van der Waals surface area contributed by atoms with Gasteiger partial charge in [0.25, 0.3) is 5.91 Å². The van der Waals surface area contributed by atoms with Crippen LogP contribution in [0.15, 0.2) is 66.2 Å². The van der Waals surface area contributed by atoms with Crippen LogP contribution in [0, 0.1) is 0 Å². The number of benzene rings is 2. The molecule has 1 amide bonds. The van der Waals surface area contributed by atoms with Gasteiger partial charge in [0.2, 0.25) is 0 Å². The second kappa shape index (κ2) is 10.8. The van der Waals surface area contributed by atoms with Crippen LogP contribution in [0.2, 0.25) is 0 Å². The second-order valence-electron chi connectivity index (χ2n) is 7.38. The van der Waals surface area contributed by atoms with Gasteiger partial charge in [-0.05, 0) is 36.8 Å². The largest absolute Gasteiger partial charge is 0.497 e. The molecule has 4 aromatic rings. The lowest BCUT2D eigenvalue weighted by Gasteiger charge is -2.04. The fraction of sp³-hybridized carbons (Fsp3) is 0.200. The third kappa shape index (κ3) is 5.68. The highest BCUT2D eigenvalue weighted by Gasteiger charge is 2.20. The van der Waals surface area contributed by atoms with Gasteiger partial charge >= 0.3 is 5.97 Å². The molecule has 0 saturated carbocycles. The highest BCUT2D eigenvalue weighted by Crippen LogP contribution is 2.26. The maximum atomic E-state index is 13.2. The Kier molecular flexibility index (Phi) is 7.34. The van der Waals surface area contributed by atoms with Crippen LogP contribution in [0.4, 0.5) is 5.13 Å². The molecule has 0 aliphatic rings. The van der Waals surface area contributed by atoms with Crippen molar-refractivity contribution in [1.29, 1.82) is 0 Å². The first-order chi connectivity index (χ1) is 16.6. The minimum atomic E-state index is -0.352. The van der Waals surface area contributed by atoms with Gasteiger partial charge in [-0.3, -0.25) is 19.6 Å². The van der Waals surface area contributed by atoms with Gasteiger partial charge in [0, 0.05) is 17.1 Å². The zero-order chi connectivity index (χ0) is 23.9. The maximum Gasteiger partial charge on any atom is 0.311 e. The lowest BCUT2D eigenvalue weighted by atomic mass is 10.1. The van der Waals surface area contributed by atoms with Crippen molar-refractivity contribution in [2.24, 2.45) is 0 Å². The first kappa shape index (κ1) is 23.2. The Hall–Kier alpha value is -3.98. The smallest absolute Gasteiger partial charge is 0.311 e. The number of nitrogens with one attached hydrogen (secondary N) is 1. The molecule has 8 nitrogen and oxygen atoms in total. The van der Waals surface area contributed by atoms with Gasteiger partial charge in [-0.15, -0.1) is 11.3 Å². The summed E-state index contributed by atoms with van der Waals surface area (Å²) < 4.78 is 12.0. The van der Waals surface area contributed by atoms with Crippen LogP contribution in [0.3, 0.4) is 0 Å². The van der Waals surface area contributed by atoms with Crippen molar-refractivity contribution in [3.05, 3.63) is 83.0 Å². The molecule has 1 N–H and O–H groups in total. The highest BCUT2D eigenvalue weighted by atomic mass is 32.1. The van der Waals surface area contributed by atoms with Crippen LogP contribution < -0.4 is 10.1 Å². The summed E-state index contributed by atoms with van der Waals surface area (Å²) in [5.74, 6) is 0.0344. The minimum absolute atomic E-state index is 0.0618. The number of amides is 1. The maximum absolute atomic E-state index is 13.2. The normalized spacial score (nSPS) is 10.6. The third-order valence-corrected chi connectivity index (χ3v) is 5.77. The quantitative estimate of drug-likeness (QED) is 0.359. The van der Waals surface area contributed by atoms with Crippen molar-refractivity contribution in [3.63, 3.8) is 0 Å². The molecule has 0 fully saturated rings. The Balaban J connectivity index is 1.59. The Morgan fingerprint density at radius 2 is 1.85 bits per heavy atom. The molecule has 0 aliphatic heterocycles. The van der Waals surface area contributed by atoms with Gasteiger partial charge in [0.05, 0.1) is 37.9 Å². The minimum Gasteiger partial charge on any atom is -0.497 e. The number of ether oxygens (including phenoxy) is 2. The number of carbonyl (C=O) groups excluding carboxylic acids is 2. The lowest BCUT2D eigenvalue weighted by molar-refractivity contribution is -0.142. The van der Waals surface area contributed by atoms with Gasteiger partial charge < -0.3 is 9.47 Å². The van der Waals surface area contributed by atoms with Gasteiger partial charge in [-0.2, -0.15) is 5.10 Å². The summed E-state index contributed by atoms with van der Waals surface area (Å²) >= 11 is 1.25. The average molecular weight is 477 g/mol. The average Bonchev–Trinajstić information content (AvgIpc) is 3.47. The van der Waals surface area contributed by atoms with E-state index < -0.39 is 0 Å². The van der Waals surface area contributed by atoms with Gasteiger partial charge in [-0.1, -0.05) is 30.3 Å². The monoisotopic (exact) mass is 476 g/mol. The Morgan fingerprint density at radius 3 is 2.56 bits per heavy atom. The number of hydrogen-bond donors (Lipinski definition) is 1. The predicted molar refractivity (Wildman–Crippen MR) is 130 cm³/mol. The summed E-state index contributed by atoms with van der Waals surface area (Å²) in [7, 11) is 1.60. The predicted octanol–water partition coefficient (Wildman–Crippen LogP) is 4.42. The van der Waals surface area contributed by atoms with Crippen LogP contribution in [-0.4, -0.2) is 40.4 Å². The number of esters is 1. The molecule has 34 heavy (non-hydrogen) atoms. The van der Waals surface area contributed by atoms with E-state index in [1.165, 1.54) is 11.3 Å². The molecule has 2 aromatic carbocycles. The Bertz CT molecular complexity index is 1270. The third-order valence-electron chi connectivity index (χ3n) is 4.96. The van der Waals surface area contributed by atoms with E-state index >= 15 is 0 Å². The van der Waals surface area contributed by atoms with Crippen LogP contribution in [0.1, 0.15) is 28.5 Å². The number of methoxy groups -OCH3 is 1. The lowest BCUT2D eigenvalue weighted by Crippen LogP contribution is -2.13. The fourth-order valence-electron chi connectivity index (χ4n) is 3.37. The highest BCUT2D eigenvalue weighted by molar-refractivity contribution is 7.14. The standard InChI is InChI=1S/C25H24N4O4S/c1-3-33-22(30)13-19-16-34-25(26-19)27-24(31)21-15-29(14-17-7-5-4-6-8-17)28-23(21)18-9-11-20(32-2)12-10-18/h4-12,15-16H,3,13-14H2,1-2H3,(H,26,27,31). The van der Waals surface area contributed by atoms with E-state index in [9.17, 15) is 9.59 Å². The molecule has 0 unspecified atom stereocenters. The van der Waals surface area contributed by atoms with Gasteiger partial charge in [-0.25, -0.2) is 4.98 Å². The summed E-state index contributed by atoms with van der Waals surface area (Å²) in [5.41, 5.74) is 3.39. The van der Waals surface area contributed by atoms with E-state index in [0.717, 1.165) is 16.9 Å². The summed E-state index contributed by atoms with van der Waals surface area (Å²) in [6, 6.07) is 17.3. The summed E-state index contributed by atoms with van der Waals surface area (Å²) in [4.78, 5) is 29.3. The van der Waals surface area contributed by atoms with Crippen LogP contribution >= 0.6 is 11.3 Å². The van der Waals surface area contributed by atoms with E-state index in [0.29, 0.717) is 35.2 Å². The van der Waals surface area contributed by atoms with Crippen molar-refractivity contribution >= 4 is 28.3 Å². The van der Waals surface area contributed by atoms with Crippen LogP contribution in [0.25, 0.3) is 11.3 Å². The zero-order valence-corrected chi connectivity index (χ0v) is 19.7. The summed E-state index contributed by atoms with van der Waals surface area (Å²) in [5, 5.41) is 9.66. The number of hydrogen-bond acceptors (Lipinski definition) is 7. The molecule has 174 valence electrons. The zero-order valence-electron chi connectivity index (χ0n) is 18.9. The number of carbonyl (C=O) groups is 2. The van der Waals surface area contributed by atoms with Crippen molar-refractivity contribution in [2.75, 3.05) is 19.0 Å². The Morgan fingerprint density at radius 1 is 1.09 bits per heavy atom. The number of thiazole rings is 1. The van der Waals surface area contributed by atoms with Crippen LogP contribution in [0.5, 0.6) is 5.75 Å². The molecule has 9 heteroatoms. The number of aromatic nitrogens is 3. The summed E-state index contributed by atoms with van der Waals surface area (Å²) in [6.45, 7) is 2.59. The van der Waals surface area contributed by atoms with Crippen molar-refractivity contribution in [1.82, 2.24) is 14.8 Å². The summed E-state index contributed by atoms with van der Waals surface area (Å²) in [6.07, 6.45) is 1.79. The van der Waals surface area contributed by atoms with E-state index in [1.807, 2.05) is 54.6 Å². The molecule has 0 radical (unpaired) electrons. The van der Waals surface area contributed by atoms with E-state index in [2.05, 4.69) is 10.3 Å². The molecule has 0 atom stereocenters. The second-order valence-corrected chi connectivity index (χ2v) is 8.24. The van der Waals surface area contributed by atoms with Crippen molar-refractivity contribution in [2.45, 2.75) is 19.9 Å². The van der Waals surface area contributed by atoms with E-state index in [1.54, 1.807) is 30.3 Å². The number of anilines is 1. The fourth-order valence-corrected chi connectivity index (χ4v) is 4.08. The molecule has 0 aliphatic carbocycles. The molecule has 0 spiro atoms. The van der Waals surface area contributed by atoms with E-state index in [-0.39, 0.29) is 18.3 Å². The first-order valence-electron chi connectivity index (χ1n) is 10.7. The van der Waals surface area contributed by atoms with E-state index in [4.69, 9.17) is 14.6 Å². The molecule has 2 heterocycles. The first-order valence-corrected chi connectivity index (χ1v) is 11.6. The topological polar surface area (TPSA) is 95.3 Å². The van der Waals surface area contributed by atoms with Crippen molar-refractivity contribution < 1.29 is 19.1 Å². The number of nitrogens with zero attached hydrogens (tertiary/aromatic N) is 3. The van der Waals surface area contributed by atoms with Crippen molar-refractivity contribution in [3.8, 4) is 17.0 Å².